The van der Waals surface area contributed by atoms with E-state index in [0.717, 1.165) is 10.7 Å². The highest BCUT2D eigenvalue weighted by atomic mass is 32.2. The molecule has 0 saturated carbocycles. The van der Waals surface area contributed by atoms with Gasteiger partial charge in [-0.1, -0.05) is 31.2 Å². The number of rotatable bonds is 8. The minimum absolute atomic E-state index is 0.0597. The van der Waals surface area contributed by atoms with Crippen LogP contribution in [0.25, 0.3) is 22.2 Å². The molecule has 5 aromatic rings. The number of halogens is 6. The Balaban J connectivity index is 1.55. The summed E-state index contributed by atoms with van der Waals surface area (Å²) in [5.74, 6) is -3.12. The molecule has 0 aliphatic heterocycles. The molecule has 0 spiro atoms. The highest BCUT2D eigenvalue weighted by Gasteiger charge is 2.35. The lowest BCUT2D eigenvalue weighted by Gasteiger charge is -2.15. The van der Waals surface area contributed by atoms with Gasteiger partial charge in [0.15, 0.2) is 0 Å². The summed E-state index contributed by atoms with van der Waals surface area (Å²) in [6.07, 6.45) is -4.81. The molecular weight excluding hydrogens is 596 g/mol. The lowest BCUT2D eigenvalue weighted by Crippen LogP contribution is -2.26. The molecule has 0 aliphatic carbocycles. The van der Waals surface area contributed by atoms with Crippen molar-refractivity contribution < 1.29 is 39.5 Å². The maximum atomic E-state index is 14.5. The predicted molar refractivity (Wildman–Crippen MR) is 148 cm³/mol. The number of benzene rings is 4. The lowest BCUT2D eigenvalue weighted by atomic mass is 10.0. The normalized spacial score (nSPS) is 12.3. The van der Waals surface area contributed by atoms with E-state index in [9.17, 15) is 34.8 Å². The van der Waals surface area contributed by atoms with Crippen LogP contribution in [0.5, 0.6) is 11.5 Å². The van der Waals surface area contributed by atoms with E-state index in [-0.39, 0.29) is 28.3 Å². The quantitative estimate of drug-likeness (QED) is 0.168. The smallest absolute Gasteiger partial charge is 0.418 e. The first-order valence-electron chi connectivity index (χ1n) is 12.8. The lowest BCUT2D eigenvalue weighted by molar-refractivity contribution is -0.136. The van der Waals surface area contributed by atoms with E-state index in [2.05, 4.69) is 5.10 Å². The van der Waals surface area contributed by atoms with Gasteiger partial charge in [0.1, 0.15) is 34.6 Å². The second-order valence-corrected chi connectivity index (χ2v) is 11.6. The second-order valence-electron chi connectivity index (χ2n) is 9.57. The highest BCUT2D eigenvalue weighted by molar-refractivity contribution is 7.89. The standard InChI is InChI=1S/C30H23F6N3O3S/c1-3-38(2)43(40,41)22-12-10-20(11-13-22)42-21-7-4-6-18(14-21)28-23-8-5-9-25(30(34,35)36)29(23)39(37-28)17-24-26(32)15-19(31)16-27(24)33/h4-16H,3,17H2,1-2H3. The number of hydrogen-bond acceptors (Lipinski definition) is 4. The molecule has 1 aromatic heterocycles. The molecular formula is C30H23F6N3O3S. The molecule has 0 atom stereocenters. The molecule has 0 amide bonds. The van der Waals surface area contributed by atoms with Gasteiger partial charge in [-0.15, -0.1) is 0 Å². The zero-order valence-electron chi connectivity index (χ0n) is 22.7. The van der Waals surface area contributed by atoms with Crippen LogP contribution in [0.1, 0.15) is 18.1 Å². The Morgan fingerprint density at radius 2 is 1.53 bits per heavy atom. The number of sulfonamides is 1. The minimum atomic E-state index is -4.81. The molecule has 43 heavy (non-hydrogen) atoms. The summed E-state index contributed by atoms with van der Waals surface area (Å²) in [7, 11) is -2.20. The van der Waals surface area contributed by atoms with E-state index in [1.165, 1.54) is 53.8 Å². The van der Waals surface area contributed by atoms with Crippen LogP contribution < -0.4 is 4.74 Å². The topological polar surface area (TPSA) is 64.4 Å². The number of aromatic nitrogens is 2. The predicted octanol–water partition coefficient (Wildman–Crippen LogP) is 7.62. The van der Waals surface area contributed by atoms with Crippen LogP contribution in [0.3, 0.4) is 0 Å². The largest absolute Gasteiger partial charge is 0.457 e. The van der Waals surface area contributed by atoms with Gasteiger partial charge in [-0.05, 0) is 42.5 Å². The number of fused-ring (bicyclic) bond motifs is 1. The molecule has 4 aromatic carbocycles. The van der Waals surface area contributed by atoms with Crippen LogP contribution in [0.4, 0.5) is 26.3 Å². The van der Waals surface area contributed by atoms with Crippen molar-refractivity contribution in [3.63, 3.8) is 0 Å². The van der Waals surface area contributed by atoms with Gasteiger partial charge in [0, 0.05) is 42.2 Å². The van der Waals surface area contributed by atoms with Gasteiger partial charge in [-0.3, -0.25) is 4.68 Å². The molecule has 0 bridgehead atoms. The first kappa shape index (κ1) is 30.1. The number of alkyl halides is 3. The number of ether oxygens (including phenoxy) is 1. The van der Waals surface area contributed by atoms with Crippen molar-refractivity contribution in [3.8, 4) is 22.8 Å². The van der Waals surface area contributed by atoms with Crippen LogP contribution in [-0.4, -0.2) is 36.1 Å². The van der Waals surface area contributed by atoms with Crippen molar-refractivity contribution in [2.45, 2.75) is 24.5 Å². The number of nitrogens with zero attached hydrogens (tertiary/aromatic N) is 3. The molecule has 224 valence electrons. The highest BCUT2D eigenvalue weighted by Crippen LogP contribution is 2.39. The maximum Gasteiger partial charge on any atom is 0.418 e. The van der Waals surface area contributed by atoms with Crippen molar-refractivity contribution in [2.75, 3.05) is 13.6 Å². The van der Waals surface area contributed by atoms with Crippen molar-refractivity contribution in [1.29, 1.82) is 0 Å². The van der Waals surface area contributed by atoms with E-state index in [1.54, 1.807) is 25.1 Å². The third-order valence-electron chi connectivity index (χ3n) is 6.81. The molecule has 0 saturated heterocycles. The number of hydrogen-bond donors (Lipinski definition) is 0. The van der Waals surface area contributed by atoms with Gasteiger partial charge in [0.05, 0.1) is 22.5 Å². The molecule has 0 aliphatic rings. The third kappa shape index (κ3) is 5.95. The Bertz CT molecular complexity index is 1900. The van der Waals surface area contributed by atoms with Crippen LogP contribution in [0.2, 0.25) is 0 Å². The summed E-state index contributed by atoms with van der Waals surface area (Å²) in [5.41, 5.74) is -1.71. The minimum Gasteiger partial charge on any atom is -0.457 e. The van der Waals surface area contributed by atoms with Crippen molar-refractivity contribution in [2.24, 2.45) is 0 Å². The van der Waals surface area contributed by atoms with Crippen LogP contribution >= 0.6 is 0 Å². The van der Waals surface area contributed by atoms with Gasteiger partial charge in [0.2, 0.25) is 10.0 Å². The van der Waals surface area contributed by atoms with Gasteiger partial charge in [0.25, 0.3) is 0 Å². The monoisotopic (exact) mass is 619 g/mol. The molecule has 0 fully saturated rings. The zero-order chi connectivity index (χ0) is 31.1. The van der Waals surface area contributed by atoms with E-state index in [0.29, 0.717) is 23.4 Å². The van der Waals surface area contributed by atoms with Crippen molar-refractivity contribution in [3.05, 3.63) is 107 Å². The van der Waals surface area contributed by atoms with Crippen LogP contribution in [0.15, 0.2) is 83.8 Å². The average molecular weight is 620 g/mol. The Morgan fingerprint density at radius 3 is 2.16 bits per heavy atom. The molecule has 0 unspecified atom stereocenters. The van der Waals surface area contributed by atoms with Crippen LogP contribution in [-0.2, 0) is 22.7 Å². The van der Waals surface area contributed by atoms with E-state index < -0.39 is 56.8 Å². The Hall–Kier alpha value is -4.36. The summed E-state index contributed by atoms with van der Waals surface area (Å²) in [6.45, 7) is 1.26. The first-order chi connectivity index (χ1) is 20.3. The molecule has 1 heterocycles. The average Bonchev–Trinajstić information content (AvgIpc) is 3.33. The van der Waals surface area contributed by atoms with Crippen molar-refractivity contribution in [1.82, 2.24) is 14.1 Å². The van der Waals surface area contributed by atoms with Gasteiger partial charge in [-0.2, -0.15) is 18.3 Å². The molecule has 0 N–H and O–H groups in total. The maximum absolute atomic E-state index is 14.5. The fourth-order valence-electron chi connectivity index (χ4n) is 4.54. The summed E-state index contributed by atoms with van der Waals surface area (Å²) in [6, 6.07) is 16.3. The second kappa shape index (κ2) is 11.4. The van der Waals surface area contributed by atoms with Crippen molar-refractivity contribution >= 4 is 20.9 Å². The van der Waals surface area contributed by atoms with Gasteiger partial charge < -0.3 is 4.74 Å². The molecule has 5 rings (SSSR count). The zero-order valence-corrected chi connectivity index (χ0v) is 23.5. The van der Waals surface area contributed by atoms with E-state index in [1.807, 2.05) is 0 Å². The molecule has 6 nitrogen and oxygen atoms in total. The number of para-hydroxylation sites is 1. The summed E-state index contributed by atoms with van der Waals surface area (Å²) in [5, 5.41) is 4.37. The van der Waals surface area contributed by atoms with Crippen LogP contribution in [0, 0.1) is 17.5 Å². The fraction of sp³-hybridized carbons (Fsp3) is 0.167. The molecule has 0 radical (unpaired) electrons. The Labute approximate surface area is 242 Å². The third-order valence-corrected chi connectivity index (χ3v) is 8.76. The SMILES string of the molecule is CCN(C)S(=O)(=O)c1ccc(Oc2cccc(-c3nn(Cc4c(F)cc(F)cc4F)c4c(C(F)(F)F)cccc34)c2)cc1. The summed E-state index contributed by atoms with van der Waals surface area (Å²) in [4.78, 5) is 0.0736. The van der Waals surface area contributed by atoms with E-state index >= 15 is 0 Å². The first-order valence-corrected chi connectivity index (χ1v) is 14.3. The van der Waals surface area contributed by atoms with Gasteiger partial charge >= 0.3 is 6.18 Å². The summed E-state index contributed by atoms with van der Waals surface area (Å²) >= 11 is 0. The Kier molecular flexibility index (Phi) is 7.97. The van der Waals surface area contributed by atoms with Gasteiger partial charge in [-0.25, -0.2) is 25.9 Å². The molecule has 13 heteroatoms. The Morgan fingerprint density at radius 1 is 0.884 bits per heavy atom. The summed E-state index contributed by atoms with van der Waals surface area (Å²) < 4.78 is 118. The fourth-order valence-corrected chi connectivity index (χ4v) is 5.72. The van der Waals surface area contributed by atoms with E-state index in [4.69, 9.17) is 4.74 Å².